The first-order valence-electron chi connectivity index (χ1n) is 22.0. The quantitative estimate of drug-likeness (QED) is 0.148. The molecular formula is C62H42N2. The highest BCUT2D eigenvalue weighted by molar-refractivity contribution is 6.12. The molecule has 0 aliphatic heterocycles. The van der Waals surface area contributed by atoms with Gasteiger partial charge in [0.2, 0.25) is 0 Å². The fourth-order valence-electron chi connectivity index (χ4n) is 9.86. The van der Waals surface area contributed by atoms with Crippen molar-refractivity contribution >= 4 is 60.4 Å². The van der Waals surface area contributed by atoms with Crippen molar-refractivity contribution in [1.82, 2.24) is 4.57 Å². The van der Waals surface area contributed by atoms with Gasteiger partial charge < -0.3 is 9.47 Å². The summed E-state index contributed by atoms with van der Waals surface area (Å²) in [6.45, 7) is 0. The predicted octanol–water partition coefficient (Wildman–Crippen LogP) is 17.2. The third kappa shape index (κ3) is 6.35. The van der Waals surface area contributed by atoms with Gasteiger partial charge in [0.25, 0.3) is 0 Å². The molecular weight excluding hydrogens is 773 g/mol. The van der Waals surface area contributed by atoms with Crippen molar-refractivity contribution < 1.29 is 0 Å². The van der Waals surface area contributed by atoms with Crippen LogP contribution in [-0.4, -0.2) is 4.57 Å². The lowest BCUT2D eigenvalue weighted by Crippen LogP contribution is -2.11. The molecule has 0 fully saturated rings. The summed E-state index contributed by atoms with van der Waals surface area (Å²) >= 11 is 0. The summed E-state index contributed by atoms with van der Waals surface area (Å²) < 4.78 is 2.51. The van der Waals surface area contributed by atoms with E-state index in [1.807, 2.05) is 0 Å². The number of hydrogen-bond donors (Lipinski definition) is 0. The van der Waals surface area contributed by atoms with Crippen LogP contribution in [0.2, 0.25) is 0 Å². The van der Waals surface area contributed by atoms with E-state index in [1.165, 1.54) is 88.0 Å². The van der Waals surface area contributed by atoms with Gasteiger partial charge in [0.05, 0.1) is 28.1 Å². The van der Waals surface area contributed by atoms with E-state index in [0.717, 1.165) is 22.6 Å². The van der Waals surface area contributed by atoms with Crippen LogP contribution in [0, 0.1) is 0 Å². The monoisotopic (exact) mass is 814 g/mol. The Bertz CT molecular complexity index is 3510. The molecule has 0 unspecified atom stereocenters. The van der Waals surface area contributed by atoms with E-state index < -0.39 is 0 Å². The molecule has 12 rings (SSSR count). The van der Waals surface area contributed by atoms with Crippen molar-refractivity contribution in [3.05, 3.63) is 255 Å². The van der Waals surface area contributed by atoms with Gasteiger partial charge in [-0.3, -0.25) is 0 Å². The van der Waals surface area contributed by atoms with Gasteiger partial charge >= 0.3 is 0 Å². The SMILES string of the molecule is c1ccc(-c2cccc(-c3ccccc3)c2-n2c3ccccc3c3ccc(-c4ccccc4-c4ccc(N(c5cccc6ccccc56)c5cccc6ccccc56)cc4)cc32)cc1. The fourth-order valence-corrected chi connectivity index (χ4v) is 9.86. The second kappa shape index (κ2) is 15.8. The maximum absolute atomic E-state index is 2.51. The zero-order valence-electron chi connectivity index (χ0n) is 35.1. The van der Waals surface area contributed by atoms with Gasteiger partial charge in [0.15, 0.2) is 0 Å². The molecule has 0 saturated carbocycles. The Morgan fingerprint density at radius 1 is 0.266 bits per heavy atom. The summed E-state index contributed by atoms with van der Waals surface area (Å²) in [5.74, 6) is 0. The molecule has 2 heteroatoms. The first kappa shape index (κ1) is 37.3. The molecule has 11 aromatic carbocycles. The molecule has 2 nitrogen and oxygen atoms in total. The Balaban J connectivity index is 1.02. The summed E-state index contributed by atoms with van der Waals surface area (Å²) in [6, 6.07) is 92.7. The largest absolute Gasteiger partial charge is 0.309 e. The molecule has 0 radical (unpaired) electrons. The highest BCUT2D eigenvalue weighted by Crippen LogP contribution is 2.45. The van der Waals surface area contributed by atoms with E-state index in [0.29, 0.717) is 0 Å². The van der Waals surface area contributed by atoms with Crippen LogP contribution in [0.1, 0.15) is 0 Å². The Hall–Kier alpha value is -8.46. The minimum atomic E-state index is 1.10. The minimum absolute atomic E-state index is 1.10. The lowest BCUT2D eigenvalue weighted by molar-refractivity contribution is 1.18. The molecule has 1 heterocycles. The lowest BCUT2D eigenvalue weighted by atomic mass is 9.93. The number of nitrogens with zero attached hydrogens (tertiary/aromatic N) is 2. The molecule has 0 aliphatic carbocycles. The van der Waals surface area contributed by atoms with Crippen molar-refractivity contribution in [3.63, 3.8) is 0 Å². The van der Waals surface area contributed by atoms with E-state index in [-0.39, 0.29) is 0 Å². The topological polar surface area (TPSA) is 8.17 Å². The van der Waals surface area contributed by atoms with Crippen LogP contribution in [-0.2, 0) is 0 Å². The highest BCUT2D eigenvalue weighted by atomic mass is 15.1. The Morgan fingerprint density at radius 2 is 0.688 bits per heavy atom. The van der Waals surface area contributed by atoms with E-state index >= 15 is 0 Å². The van der Waals surface area contributed by atoms with Crippen LogP contribution in [0.15, 0.2) is 255 Å². The summed E-state index contributed by atoms with van der Waals surface area (Å²) in [5.41, 5.74) is 16.4. The van der Waals surface area contributed by atoms with E-state index in [1.54, 1.807) is 0 Å². The Morgan fingerprint density at radius 3 is 1.30 bits per heavy atom. The third-order valence-electron chi connectivity index (χ3n) is 12.8. The molecule has 0 bridgehead atoms. The molecule has 0 N–H and O–H groups in total. The van der Waals surface area contributed by atoms with Crippen molar-refractivity contribution in [3.8, 4) is 50.2 Å². The van der Waals surface area contributed by atoms with Gasteiger partial charge in [-0.05, 0) is 80.6 Å². The maximum atomic E-state index is 2.51. The summed E-state index contributed by atoms with van der Waals surface area (Å²) in [7, 11) is 0. The molecule has 12 aromatic rings. The van der Waals surface area contributed by atoms with Crippen LogP contribution in [0.5, 0.6) is 0 Å². The van der Waals surface area contributed by atoms with E-state index in [4.69, 9.17) is 0 Å². The molecule has 0 atom stereocenters. The summed E-state index contributed by atoms with van der Waals surface area (Å²) in [4.78, 5) is 2.42. The Labute approximate surface area is 373 Å². The zero-order chi connectivity index (χ0) is 42.4. The fraction of sp³-hybridized carbons (Fsp3) is 0. The van der Waals surface area contributed by atoms with Crippen molar-refractivity contribution in [2.45, 2.75) is 0 Å². The minimum Gasteiger partial charge on any atom is -0.309 e. The number of aromatic nitrogens is 1. The van der Waals surface area contributed by atoms with Gasteiger partial charge in [-0.2, -0.15) is 0 Å². The van der Waals surface area contributed by atoms with Crippen LogP contribution < -0.4 is 4.90 Å². The first-order chi connectivity index (χ1) is 31.8. The molecule has 0 aliphatic rings. The maximum Gasteiger partial charge on any atom is 0.0618 e. The standard InChI is InChI=1S/C62H42N2/c1-3-18-45(19-4-1)54-31-17-32-55(46-20-5-2-6-21-46)62(54)64-60-33-14-13-30-56(60)57-41-38-48(42-61(57)64)51-27-12-11-26-50(51)47-36-39-49(40-37-47)63(58-34-15-24-43-22-7-9-28-52(43)58)59-35-16-25-44-23-8-10-29-53(44)59/h1-42H. The number of fused-ring (bicyclic) bond motifs is 5. The average molecular weight is 815 g/mol. The lowest BCUT2D eigenvalue weighted by Gasteiger charge is -2.28. The normalized spacial score (nSPS) is 11.4. The number of rotatable bonds is 8. The number of hydrogen-bond acceptors (Lipinski definition) is 1. The Kier molecular flexibility index (Phi) is 9.20. The summed E-state index contributed by atoms with van der Waals surface area (Å²) in [5, 5.41) is 7.31. The molecule has 1 aromatic heterocycles. The van der Waals surface area contributed by atoms with Crippen LogP contribution in [0.25, 0.3) is 93.5 Å². The first-order valence-corrected chi connectivity index (χ1v) is 22.0. The van der Waals surface area contributed by atoms with Crippen LogP contribution in [0.4, 0.5) is 17.1 Å². The average Bonchev–Trinajstić information content (AvgIpc) is 3.70. The van der Waals surface area contributed by atoms with Crippen molar-refractivity contribution in [2.24, 2.45) is 0 Å². The van der Waals surface area contributed by atoms with Gasteiger partial charge in [0, 0.05) is 38.4 Å². The van der Waals surface area contributed by atoms with Gasteiger partial charge in [-0.15, -0.1) is 0 Å². The molecule has 0 amide bonds. The number of benzene rings is 11. The number of anilines is 3. The van der Waals surface area contributed by atoms with Gasteiger partial charge in [-0.25, -0.2) is 0 Å². The summed E-state index contributed by atoms with van der Waals surface area (Å²) in [6.07, 6.45) is 0. The van der Waals surface area contributed by atoms with E-state index in [9.17, 15) is 0 Å². The van der Waals surface area contributed by atoms with E-state index in [2.05, 4.69) is 264 Å². The smallest absolute Gasteiger partial charge is 0.0618 e. The van der Waals surface area contributed by atoms with Gasteiger partial charge in [-0.1, -0.05) is 218 Å². The molecule has 300 valence electrons. The molecule has 0 spiro atoms. The van der Waals surface area contributed by atoms with Crippen molar-refractivity contribution in [2.75, 3.05) is 4.90 Å². The second-order valence-electron chi connectivity index (χ2n) is 16.4. The zero-order valence-corrected chi connectivity index (χ0v) is 35.1. The van der Waals surface area contributed by atoms with Crippen LogP contribution >= 0.6 is 0 Å². The van der Waals surface area contributed by atoms with Crippen LogP contribution in [0.3, 0.4) is 0 Å². The molecule has 0 saturated heterocycles. The number of para-hydroxylation sites is 2. The van der Waals surface area contributed by atoms with Gasteiger partial charge in [0.1, 0.15) is 0 Å². The van der Waals surface area contributed by atoms with Crippen molar-refractivity contribution in [1.29, 1.82) is 0 Å². The third-order valence-corrected chi connectivity index (χ3v) is 12.8. The predicted molar refractivity (Wildman–Crippen MR) is 272 cm³/mol. The molecule has 64 heavy (non-hydrogen) atoms. The highest BCUT2D eigenvalue weighted by Gasteiger charge is 2.22. The second-order valence-corrected chi connectivity index (χ2v) is 16.4.